The molecule has 2 aromatic heterocycles. The molecule has 4 aromatic carbocycles. The van der Waals surface area contributed by atoms with Crippen molar-refractivity contribution in [2.45, 2.75) is 145 Å². The molecule has 500 valence electrons. The SMILES string of the molecule is COc1ccc(C[C@@H]2NC(=O)[C@H]([C@@H](C)O)NC(=O)[C@@H]3C[C@H](F)CN3C(=O)[C@H](Cc3c[nH]c4ccc(F)cc34)NC(=O)[C@H](Cc3c[nH]c4ccc(F)cc34)NC(=O)[C@@H](C)NC(=O)CCCC(=O)NCCOc3ccc(cc3)C[C@@H](C(N)=O)NC(=O)[C@]3(C)CCCN3C2=O)cc1. The lowest BCUT2D eigenvalue weighted by Crippen LogP contribution is -2.64. The Balaban J connectivity index is 1.04. The molecule has 2 fully saturated rings. The predicted octanol–water partition coefficient (Wildman–Crippen LogP) is 2.00. The highest BCUT2D eigenvalue weighted by molar-refractivity contribution is 6.00. The number of carbonyl (C=O) groups is 10. The number of aromatic amines is 2. The van der Waals surface area contributed by atoms with E-state index in [1.54, 1.807) is 48.5 Å². The van der Waals surface area contributed by atoms with Crippen LogP contribution in [0.4, 0.5) is 13.2 Å². The number of H-pyrrole nitrogens is 2. The lowest BCUT2D eigenvalue weighted by Gasteiger charge is -2.37. The lowest BCUT2D eigenvalue weighted by atomic mass is 9.94. The maximum absolute atomic E-state index is 16.0. The number of halogens is 3. The number of amides is 10. The van der Waals surface area contributed by atoms with Crippen LogP contribution in [0.15, 0.2) is 97.3 Å². The first-order valence-electron chi connectivity index (χ1n) is 31.1. The van der Waals surface area contributed by atoms with Crippen LogP contribution < -0.4 is 52.4 Å². The van der Waals surface area contributed by atoms with Crippen molar-refractivity contribution < 1.29 is 75.7 Å². The van der Waals surface area contributed by atoms with Crippen molar-refractivity contribution in [3.8, 4) is 11.5 Å². The van der Waals surface area contributed by atoms with E-state index in [4.69, 9.17) is 15.2 Å². The summed E-state index contributed by atoms with van der Waals surface area (Å²) in [6.07, 6.45) is -2.04. The van der Waals surface area contributed by atoms with Crippen LogP contribution in [0.5, 0.6) is 11.5 Å². The highest BCUT2D eigenvalue weighted by atomic mass is 19.1. The van der Waals surface area contributed by atoms with Crippen molar-refractivity contribution in [1.29, 1.82) is 0 Å². The molecule has 6 aromatic rings. The molecule has 12 N–H and O–H groups in total. The second-order valence-corrected chi connectivity index (χ2v) is 24.2. The minimum Gasteiger partial charge on any atom is -0.497 e. The highest BCUT2D eigenvalue weighted by Gasteiger charge is 2.49. The quantitative estimate of drug-likeness (QED) is 0.0925. The fourth-order valence-electron chi connectivity index (χ4n) is 12.1. The molecule has 2 saturated heterocycles. The Bertz CT molecular complexity index is 3810. The minimum absolute atomic E-state index is 0.0214. The largest absolute Gasteiger partial charge is 0.497 e. The second-order valence-electron chi connectivity index (χ2n) is 24.2. The fraction of sp³-hybridized carbons (Fsp3) is 0.424. The molecule has 2 bridgehead atoms. The molecule has 4 aliphatic heterocycles. The fourth-order valence-corrected chi connectivity index (χ4v) is 12.1. The van der Waals surface area contributed by atoms with Crippen molar-refractivity contribution in [3.05, 3.63) is 131 Å². The van der Waals surface area contributed by atoms with Crippen molar-refractivity contribution >= 4 is 80.9 Å². The van der Waals surface area contributed by atoms with Crippen LogP contribution >= 0.6 is 0 Å². The number of nitrogens with two attached hydrogens (primary N) is 1. The van der Waals surface area contributed by atoms with E-state index in [-0.39, 0.29) is 70.2 Å². The first kappa shape index (κ1) is 68.4. The Kier molecular flexibility index (Phi) is 22.0. The van der Waals surface area contributed by atoms with Gasteiger partial charge in [-0.1, -0.05) is 24.3 Å². The molecule has 10 rings (SSSR count). The summed E-state index contributed by atoms with van der Waals surface area (Å²) in [4.78, 5) is 151. The van der Waals surface area contributed by atoms with Gasteiger partial charge in [-0.3, -0.25) is 47.9 Å². The number of aliphatic hydroxyl groups is 1. The third kappa shape index (κ3) is 16.6. The summed E-state index contributed by atoms with van der Waals surface area (Å²) >= 11 is 0. The van der Waals surface area contributed by atoms with E-state index in [1.165, 1.54) is 81.6 Å². The third-order valence-corrected chi connectivity index (χ3v) is 17.3. The summed E-state index contributed by atoms with van der Waals surface area (Å²) in [5, 5.41) is 30.4. The van der Waals surface area contributed by atoms with Crippen molar-refractivity contribution in [2.75, 3.05) is 33.4 Å². The van der Waals surface area contributed by atoms with E-state index < -0.39 is 150 Å². The average Bonchev–Trinajstić information content (AvgIpc) is 1.36. The smallest absolute Gasteiger partial charge is 0.246 e. The van der Waals surface area contributed by atoms with Gasteiger partial charge < -0.3 is 77.3 Å². The van der Waals surface area contributed by atoms with Gasteiger partial charge in [-0.2, -0.15) is 0 Å². The number of hydrogen-bond acceptors (Lipinski definition) is 13. The molecule has 6 heterocycles. The van der Waals surface area contributed by atoms with Gasteiger partial charge in [0.05, 0.1) is 26.3 Å². The van der Waals surface area contributed by atoms with Crippen molar-refractivity contribution in [2.24, 2.45) is 5.73 Å². The number of fused-ring (bicyclic) bond motifs is 30. The Labute approximate surface area is 538 Å². The van der Waals surface area contributed by atoms with Crippen LogP contribution in [0.3, 0.4) is 0 Å². The molecular weight excluding hydrogens is 1230 g/mol. The molecule has 0 spiro atoms. The zero-order valence-corrected chi connectivity index (χ0v) is 52.3. The topological polar surface area (TPSA) is 358 Å². The Morgan fingerprint density at radius 1 is 0.723 bits per heavy atom. The number of carbonyl (C=O) groups excluding carboxylic acids is 10. The zero-order valence-electron chi connectivity index (χ0n) is 52.3. The number of methoxy groups -OCH3 is 1. The number of primary amides is 1. The molecule has 94 heavy (non-hydrogen) atoms. The highest BCUT2D eigenvalue weighted by Crippen LogP contribution is 2.32. The number of aromatic nitrogens is 2. The van der Waals surface area contributed by atoms with Crippen LogP contribution in [0.2, 0.25) is 0 Å². The molecule has 28 heteroatoms. The Morgan fingerprint density at radius 3 is 1.96 bits per heavy atom. The first-order valence-corrected chi connectivity index (χ1v) is 31.1. The first-order chi connectivity index (χ1) is 44.9. The second kappa shape index (κ2) is 30.2. The molecule has 0 aliphatic carbocycles. The van der Waals surface area contributed by atoms with Crippen molar-refractivity contribution in [3.63, 3.8) is 0 Å². The molecule has 0 unspecified atom stereocenters. The van der Waals surface area contributed by atoms with Crippen molar-refractivity contribution in [1.82, 2.24) is 57.0 Å². The van der Waals surface area contributed by atoms with Crippen LogP contribution in [0.25, 0.3) is 21.8 Å². The molecule has 25 nitrogen and oxygen atoms in total. The summed E-state index contributed by atoms with van der Waals surface area (Å²) in [6.45, 7) is 3.47. The van der Waals surface area contributed by atoms with Gasteiger partial charge in [0.1, 0.15) is 83.7 Å². The normalized spacial score (nSPS) is 25.2. The van der Waals surface area contributed by atoms with Gasteiger partial charge in [0.25, 0.3) is 0 Å². The number of benzene rings is 4. The van der Waals surface area contributed by atoms with E-state index in [1.807, 2.05) is 0 Å². The van der Waals surface area contributed by atoms with E-state index in [0.29, 0.717) is 56.4 Å². The van der Waals surface area contributed by atoms with Crippen LogP contribution in [-0.4, -0.2) is 177 Å². The Hall–Kier alpha value is -9.99. The van der Waals surface area contributed by atoms with Gasteiger partial charge in [-0.15, -0.1) is 0 Å². The van der Waals surface area contributed by atoms with Gasteiger partial charge in [-0.05, 0) is 123 Å². The predicted molar refractivity (Wildman–Crippen MR) is 336 cm³/mol. The maximum Gasteiger partial charge on any atom is 0.246 e. The summed E-state index contributed by atoms with van der Waals surface area (Å²) in [5.41, 5.74) is 6.85. The van der Waals surface area contributed by atoms with Gasteiger partial charge >= 0.3 is 0 Å². The third-order valence-electron chi connectivity index (χ3n) is 17.3. The van der Waals surface area contributed by atoms with Crippen LogP contribution in [0.1, 0.15) is 81.5 Å². The number of nitrogens with zero attached hydrogens (tertiary/aromatic N) is 2. The zero-order chi connectivity index (χ0) is 67.5. The van der Waals surface area contributed by atoms with Crippen LogP contribution in [0, 0.1) is 11.6 Å². The Morgan fingerprint density at radius 2 is 1.33 bits per heavy atom. The van der Waals surface area contributed by atoms with Gasteiger partial charge in [0.2, 0.25) is 59.1 Å². The minimum atomic E-state index is -1.88. The van der Waals surface area contributed by atoms with E-state index in [2.05, 4.69) is 47.2 Å². The van der Waals surface area contributed by atoms with Gasteiger partial charge in [0, 0.05) is 85.7 Å². The number of rotatable bonds is 9. The number of hydrogen-bond donors (Lipinski definition) is 11. The average molecular weight is 1300 g/mol. The summed E-state index contributed by atoms with van der Waals surface area (Å²) in [7, 11) is 1.46. The molecule has 0 saturated carbocycles. The van der Waals surface area contributed by atoms with E-state index in [9.17, 15) is 47.4 Å². The van der Waals surface area contributed by atoms with Gasteiger partial charge in [-0.25, -0.2) is 13.2 Å². The monoisotopic (exact) mass is 1300 g/mol. The van der Waals surface area contributed by atoms with E-state index >= 15 is 18.8 Å². The maximum atomic E-state index is 16.0. The number of aliphatic hydroxyl groups excluding tert-OH is 1. The summed E-state index contributed by atoms with van der Waals surface area (Å²) in [5.74, 6) is -8.89. The van der Waals surface area contributed by atoms with Gasteiger partial charge in [0.15, 0.2) is 0 Å². The number of ether oxygens (including phenoxy) is 2. The number of nitrogens with one attached hydrogen (secondary N) is 9. The number of alkyl halides is 1. The lowest BCUT2D eigenvalue weighted by molar-refractivity contribution is -0.147. The van der Waals surface area contributed by atoms with Crippen LogP contribution in [-0.2, 0) is 73.6 Å². The summed E-state index contributed by atoms with van der Waals surface area (Å²) < 4.78 is 56.8. The molecule has 10 amide bonds. The summed E-state index contributed by atoms with van der Waals surface area (Å²) in [6, 6.07) is 9.83. The standard InChI is InChI=1S/C66H77F3N12O13/c1-35-59(86)75-51(27-39-32-72-48-19-13-41(67)29-46(39)48)60(87)76-53(28-40-33-73-49-20-14-42(68)30-47(40)49)63(90)80-34-43(69)31-54(80)61(88)79-57(36(2)82)62(89)77-52(26-38-9-15-44(93-4)16-10-38)64(91)81-23-6-21-66(81,3)65(92)78-50(58(70)85)25-37-11-17-45(18-12-37)94-24-22-71-55(83)7-5-8-56(84)74-35/h9-20,29-30,32-33,35-36,43,50-54,57,72-73,82H,5-8,21-28,31,34H2,1-4H3,(H2,70,85)(H,71,83)(H,74,84)(H,75,86)(H,76,87)(H,77,89)(H,78,92)(H,79,88)/t35-,36-,43+,50+,51+,52+,53+,54+,57+,66+/m1/s1. The molecule has 10 atom stereocenters. The molecular formula is C66H77F3N12O13. The molecule has 0 radical (unpaired) electrons. The van der Waals surface area contributed by atoms with E-state index in [0.717, 1.165) is 4.90 Å². The molecule has 4 aliphatic rings.